The lowest BCUT2D eigenvalue weighted by Gasteiger charge is -2.12. The van der Waals surface area contributed by atoms with E-state index in [1.807, 2.05) is 57.2 Å². The van der Waals surface area contributed by atoms with Crippen LogP contribution in [-0.2, 0) is 0 Å². The Balaban J connectivity index is 2.05. The maximum atomic E-state index is 12.3. The molecule has 2 N–H and O–H groups in total. The Hall–Kier alpha value is -1.72. The van der Waals surface area contributed by atoms with E-state index in [0.29, 0.717) is 5.56 Å². The molecule has 0 heterocycles. The topological polar surface area (TPSA) is 41.1 Å². The van der Waals surface area contributed by atoms with Gasteiger partial charge in [-0.1, -0.05) is 33.6 Å². The number of hydrogen-bond acceptors (Lipinski definition) is 2. The molecule has 3 nitrogen and oxygen atoms in total. The zero-order valence-corrected chi connectivity index (χ0v) is 15.1. The van der Waals surface area contributed by atoms with Gasteiger partial charge in [0.15, 0.2) is 5.11 Å². The molecule has 2 rings (SSSR count). The monoisotopic (exact) mass is 376 g/mol. The van der Waals surface area contributed by atoms with Gasteiger partial charge in [-0.2, -0.15) is 0 Å². The zero-order chi connectivity index (χ0) is 16.3. The van der Waals surface area contributed by atoms with Crippen LogP contribution in [0.2, 0.25) is 0 Å². The molecule has 0 aliphatic carbocycles. The highest BCUT2D eigenvalue weighted by Crippen LogP contribution is 2.20. The Morgan fingerprint density at radius 1 is 1.05 bits per heavy atom. The zero-order valence-electron chi connectivity index (χ0n) is 12.7. The summed E-state index contributed by atoms with van der Waals surface area (Å²) in [5, 5.41) is 6.01. The Morgan fingerprint density at radius 3 is 2.41 bits per heavy atom. The molecule has 2 aromatic carbocycles. The second kappa shape index (κ2) is 7.03. The number of benzene rings is 2. The van der Waals surface area contributed by atoms with E-state index in [4.69, 9.17) is 12.2 Å². The van der Waals surface area contributed by atoms with Crippen LogP contribution in [-0.4, -0.2) is 11.0 Å². The summed E-state index contributed by atoms with van der Waals surface area (Å²) < 4.78 is 1.03. The van der Waals surface area contributed by atoms with Crippen LogP contribution in [0.4, 0.5) is 5.69 Å². The van der Waals surface area contributed by atoms with Gasteiger partial charge in [0.25, 0.3) is 5.91 Å². The van der Waals surface area contributed by atoms with Gasteiger partial charge < -0.3 is 5.32 Å². The molecule has 0 radical (unpaired) electrons. The lowest BCUT2D eigenvalue weighted by atomic mass is 10.1. The second-order valence-electron chi connectivity index (χ2n) is 5.19. The third kappa shape index (κ3) is 4.15. The molecular formula is C17H17BrN2OS. The van der Waals surface area contributed by atoms with E-state index < -0.39 is 0 Å². The van der Waals surface area contributed by atoms with Crippen LogP contribution in [0.1, 0.15) is 27.0 Å². The van der Waals surface area contributed by atoms with E-state index in [1.54, 1.807) is 0 Å². The molecule has 114 valence electrons. The van der Waals surface area contributed by atoms with Crippen molar-refractivity contribution in [2.45, 2.75) is 20.8 Å². The first-order valence-electron chi connectivity index (χ1n) is 6.82. The van der Waals surface area contributed by atoms with Crippen molar-refractivity contribution < 1.29 is 4.79 Å². The van der Waals surface area contributed by atoms with Crippen molar-refractivity contribution in [1.29, 1.82) is 0 Å². The molecule has 0 unspecified atom stereocenters. The van der Waals surface area contributed by atoms with Gasteiger partial charge in [0.05, 0.1) is 0 Å². The molecule has 0 aliphatic heterocycles. The first kappa shape index (κ1) is 16.6. The van der Waals surface area contributed by atoms with E-state index in [0.717, 1.165) is 26.9 Å². The number of thiocarbonyl (C=S) groups is 1. The van der Waals surface area contributed by atoms with Gasteiger partial charge in [-0.05, 0) is 68.4 Å². The van der Waals surface area contributed by atoms with E-state index in [2.05, 4.69) is 26.6 Å². The van der Waals surface area contributed by atoms with Crippen molar-refractivity contribution in [2.24, 2.45) is 0 Å². The molecule has 0 bridgehead atoms. The van der Waals surface area contributed by atoms with Crippen LogP contribution >= 0.6 is 28.1 Å². The lowest BCUT2D eigenvalue weighted by Crippen LogP contribution is -2.34. The maximum absolute atomic E-state index is 12.3. The van der Waals surface area contributed by atoms with Crippen LogP contribution < -0.4 is 10.6 Å². The molecule has 0 saturated carbocycles. The number of halogens is 1. The highest BCUT2D eigenvalue weighted by Gasteiger charge is 2.11. The predicted octanol–water partition coefficient (Wildman–Crippen LogP) is 4.50. The molecule has 0 fully saturated rings. The summed E-state index contributed by atoms with van der Waals surface area (Å²) in [6, 6.07) is 11.5. The average molecular weight is 377 g/mol. The fourth-order valence-corrected chi connectivity index (χ4v) is 2.58. The van der Waals surface area contributed by atoms with E-state index in [9.17, 15) is 4.79 Å². The van der Waals surface area contributed by atoms with Crippen LogP contribution in [0.3, 0.4) is 0 Å². The number of carbonyl (C=O) groups excluding carboxylic acids is 1. The first-order chi connectivity index (χ1) is 10.4. The Labute approximate surface area is 144 Å². The minimum absolute atomic E-state index is 0.205. The molecule has 0 aliphatic rings. The molecule has 5 heteroatoms. The quantitative estimate of drug-likeness (QED) is 0.758. The number of rotatable bonds is 2. The standard InChI is InChI=1S/C17H17BrN2OS/c1-10-4-6-14(11(2)8-10)16(21)20-17(22)19-13-5-7-15(18)12(3)9-13/h4-9H,1-3H3,(H2,19,20,21,22). The van der Waals surface area contributed by atoms with Gasteiger partial charge in [0.2, 0.25) is 0 Å². The van der Waals surface area contributed by atoms with Gasteiger partial charge >= 0.3 is 0 Å². The summed E-state index contributed by atoms with van der Waals surface area (Å²) in [5.74, 6) is -0.205. The SMILES string of the molecule is Cc1ccc(C(=O)NC(=S)Nc2ccc(Br)c(C)c2)c(C)c1. The number of amides is 1. The van der Waals surface area contributed by atoms with Crippen molar-refractivity contribution in [3.05, 3.63) is 63.1 Å². The average Bonchev–Trinajstić information content (AvgIpc) is 2.42. The number of carbonyl (C=O) groups is 1. The van der Waals surface area contributed by atoms with Crippen LogP contribution in [0.5, 0.6) is 0 Å². The van der Waals surface area contributed by atoms with E-state index >= 15 is 0 Å². The van der Waals surface area contributed by atoms with Crippen molar-refractivity contribution in [3.63, 3.8) is 0 Å². The van der Waals surface area contributed by atoms with Gasteiger partial charge in [0, 0.05) is 15.7 Å². The number of nitrogens with one attached hydrogen (secondary N) is 2. The minimum Gasteiger partial charge on any atom is -0.332 e. The minimum atomic E-state index is -0.205. The summed E-state index contributed by atoms with van der Waals surface area (Å²) in [6.07, 6.45) is 0. The first-order valence-corrected chi connectivity index (χ1v) is 8.02. The number of aryl methyl sites for hydroxylation is 3. The van der Waals surface area contributed by atoms with Crippen LogP contribution in [0.15, 0.2) is 40.9 Å². The van der Waals surface area contributed by atoms with Gasteiger partial charge in [0.1, 0.15) is 0 Å². The summed E-state index contributed by atoms with van der Waals surface area (Å²) in [4.78, 5) is 12.3. The van der Waals surface area contributed by atoms with Crippen molar-refractivity contribution >= 4 is 44.9 Å². The summed E-state index contributed by atoms with van der Waals surface area (Å²) in [7, 11) is 0. The van der Waals surface area contributed by atoms with Gasteiger partial charge in [-0.25, -0.2) is 0 Å². The van der Waals surface area contributed by atoms with Crippen molar-refractivity contribution in [3.8, 4) is 0 Å². The summed E-state index contributed by atoms with van der Waals surface area (Å²) in [5.41, 5.74) is 4.61. The Morgan fingerprint density at radius 2 is 1.77 bits per heavy atom. The third-order valence-corrected chi connectivity index (χ3v) is 4.36. The second-order valence-corrected chi connectivity index (χ2v) is 6.45. The molecular weight excluding hydrogens is 360 g/mol. The normalized spacial score (nSPS) is 10.2. The van der Waals surface area contributed by atoms with E-state index in [1.165, 1.54) is 0 Å². The fraction of sp³-hybridized carbons (Fsp3) is 0.176. The molecule has 0 atom stereocenters. The number of hydrogen-bond donors (Lipinski definition) is 2. The van der Waals surface area contributed by atoms with E-state index in [-0.39, 0.29) is 11.0 Å². The molecule has 1 amide bonds. The summed E-state index contributed by atoms with van der Waals surface area (Å²) >= 11 is 8.65. The summed E-state index contributed by atoms with van der Waals surface area (Å²) in [6.45, 7) is 5.90. The maximum Gasteiger partial charge on any atom is 0.257 e. The predicted molar refractivity (Wildman–Crippen MR) is 98.5 cm³/mol. The highest BCUT2D eigenvalue weighted by atomic mass is 79.9. The smallest absolute Gasteiger partial charge is 0.257 e. The Kier molecular flexibility index (Phi) is 5.32. The van der Waals surface area contributed by atoms with Crippen molar-refractivity contribution in [2.75, 3.05) is 5.32 Å². The number of anilines is 1. The fourth-order valence-electron chi connectivity index (χ4n) is 2.12. The third-order valence-electron chi connectivity index (χ3n) is 3.27. The van der Waals surface area contributed by atoms with Crippen LogP contribution in [0.25, 0.3) is 0 Å². The van der Waals surface area contributed by atoms with Gasteiger partial charge in [-0.15, -0.1) is 0 Å². The Bertz CT molecular complexity index is 743. The molecule has 0 spiro atoms. The lowest BCUT2D eigenvalue weighted by molar-refractivity contribution is 0.0977. The highest BCUT2D eigenvalue weighted by molar-refractivity contribution is 9.10. The largest absolute Gasteiger partial charge is 0.332 e. The molecule has 0 aromatic heterocycles. The molecule has 22 heavy (non-hydrogen) atoms. The van der Waals surface area contributed by atoms with Crippen molar-refractivity contribution in [1.82, 2.24) is 5.32 Å². The van der Waals surface area contributed by atoms with Crippen LogP contribution in [0, 0.1) is 20.8 Å². The molecule has 2 aromatic rings. The molecule has 0 saturated heterocycles. The van der Waals surface area contributed by atoms with Gasteiger partial charge in [-0.3, -0.25) is 10.1 Å².